The second-order valence-electron chi connectivity index (χ2n) is 6.46. The number of carbonyl (C=O) groups is 1. The number of ether oxygens (including phenoxy) is 1. The largest absolute Gasteiger partial charge is 0.461 e. The van der Waals surface area contributed by atoms with Gasteiger partial charge in [0.25, 0.3) is 0 Å². The standard InChI is InChI=1S/C17H23BrO2/c1-12(19)20-11-13-4-6-14(7-5-13)15-8-9-16(18)17(2,3)10-15/h4-7,15-16H,8-11H2,1-3H3. The zero-order valence-corrected chi connectivity index (χ0v) is 14.1. The van der Waals surface area contributed by atoms with Crippen LogP contribution in [0.3, 0.4) is 0 Å². The maximum absolute atomic E-state index is 10.8. The Morgan fingerprint density at radius 3 is 2.50 bits per heavy atom. The molecular formula is C17H23BrO2. The third-order valence-corrected chi connectivity index (χ3v) is 5.98. The molecule has 1 aliphatic carbocycles. The summed E-state index contributed by atoms with van der Waals surface area (Å²) < 4.78 is 5.02. The van der Waals surface area contributed by atoms with Gasteiger partial charge in [0, 0.05) is 11.8 Å². The van der Waals surface area contributed by atoms with Crippen molar-refractivity contribution in [3.63, 3.8) is 0 Å². The Balaban J connectivity index is 2.01. The van der Waals surface area contributed by atoms with Gasteiger partial charge in [-0.1, -0.05) is 54.0 Å². The molecule has 0 spiro atoms. The first kappa shape index (κ1) is 15.6. The van der Waals surface area contributed by atoms with E-state index in [4.69, 9.17) is 4.74 Å². The molecule has 0 saturated heterocycles. The van der Waals surface area contributed by atoms with Crippen LogP contribution in [0.4, 0.5) is 0 Å². The maximum atomic E-state index is 10.8. The summed E-state index contributed by atoms with van der Waals surface area (Å²) in [5.41, 5.74) is 2.81. The first-order chi connectivity index (χ1) is 9.38. The van der Waals surface area contributed by atoms with Gasteiger partial charge in [0.1, 0.15) is 6.61 Å². The molecule has 0 bridgehead atoms. The predicted octanol–water partition coefficient (Wildman–Crippen LogP) is 4.81. The average molecular weight is 339 g/mol. The highest BCUT2D eigenvalue weighted by molar-refractivity contribution is 9.09. The number of halogens is 1. The molecule has 110 valence electrons. The van der Waals surface area contributed by atoms with Crippen molar-refractivity contribution in [1.82, 2.24) is 0 Å². The molecule has 0 radical (unpaired) electrons. The van der Waals surface area contributed by atoms with Crippen LogP contribution in [0.1, 0.15) is 57.1 Å². The quantitative estimate of drug-likeness (QED) is 0.584. The molecular weight excluding hydrogens is 316 g/mol. The lowest BCUT2D eigenvalue weighted by Gasteiger charge is -2.40. The Morgan fingerprint density at radius 2 is 1.95 bits per heavy atom. The highest BCUT2D eigenvalue weighted by Crippen LogP contribution is 2.46. The van der Waals surface area contributed by atoms with Gasteiger partial charge in [0.2, 0.25) is 0 Å². The normalized spacial score (nSPS) is 25.2. The topological polar surface area (TPSA) is 26.3 Å². The summed E-state index contributed by atoms with van der Waals surface area (Å²) in [7, 11) is 0. The fraction of sp³-hybridized carbons (Fsp3) is 0.588. The summed E-state index contributed by atoms with van der Waals surface area (Å²) >= 11 is 3.81. The molecule has 2 unspecified atom stereocenters. The summed E-state index contributed by atoms with van der Waals surface area (Å²) in [6.45, 7) is 6.49. The number of hydrogen-bond donors (Lipinski definition) is 0. The van der Waals surface area contributed by atoms with Crippen molar-refractivity contribution in [2.45, 2.75) is 57.4 Å². The molecule has 1 aromatic rings. The van der Waals surface area contributed by atoms with Gasteiger partial charge in [-0.2, -0.15) is 0 Å². The number of carbonyl (C=O) groups excluding carboxylic acids is 1. The molecule has 1 fully saturated rings. The Hall–Kier alpha value is -0.830. The molecule has 0 aliphatic heterocycles. The molecule has 0 amide bonds. The summed E-state index contributed by atoms with van der Waals surface area (Å²) in [4.78, 5) is 11.4. The van der Waals surface area contributed by atoms with Gasteiger partial charge in [-0.05, 0) is 41.7 Å². The van der Waals surface area contributed by atoms with Gasteiger partial charge in [-0.3, -0.25) is 4.79 Å². The second kappa shape index (κ2) is 6.30. The van der Waals surface area contributed by atoms with Crippen molar-refractivity contribution in [2.24, 2.45) is 5.41 Å². The average Bonchev–Trinajstić information content (AvgIpc) is 2.40. The molecule has 2 nitrogen and oxygen atoms in total. The fourth-order valence-electron chi connectivity index (χ4n) is 2.96. The monoisotopic (exact) mass is 338 g/mol. The molecule has 1 saturated carbocycles. The van der Waals surface area contributed by atoms with E-state index < -0.39 is 0 Å². The van der Waals surface area contributed by atoms with Crippen molar-refractivity contribution in [3.8, 4) is 0 Å². The summed E-state index contributed by atoms with van der Waals surface area (Å²) in [6.07, 6.45) is 3.68. The van der Waals surface area contributed by atoms with Crippen molar-refractivity contribution >= 4 is 21.9 Å². The molecule has 1 aromatic carbocycles. The summed E-state index contributed by atoms with van der Waals surface area (Å²) in [5, 5.41) is 0. The molecule has 2 atom stereocenters. The molecule has 0 N–H and O–H groups in total. The Labute approximate surface area is 130 Å². The lowest BCUT2D eigenvalue weighted by molar-refractivity contribution is -0.142. The van der Waals surface area contributed by atoms with Crippen LogP contribution in [-0.4, -0.2) is 10.8 Å². The van der Waals surface area contributed by atoms with Crippen LogP contribution in [0.25, 0.3) is 0 Å². The van der Waals surface area contributed by atoms with E-state index in [0.29, 0.717) is 22.8 Å². The van der Waals surface area contributed by atoms with Crippen LogP contribution in [0.2, 0.25) is 0 Å². The van der Waals surface area contributed by atoms with E-state index in [1.54, 1.807) is 0 Å². The van der Waals surface area contributed by atoms with E-state index in [2.05, 4.69) is 54.0 Å². The first-order valence-electron chi connectivity index (χ1n) is 7.25. The minimum atomic E-state index is -0.230. The minimum Gasteiger partial charge on any atom is -0.461 e. The number of alkyl halides is 1. The van der Waals surface area contributed by atoms with Gasteiger partial charge >= 0.3 is 5.97 Å². The van der Waals surface area contributed by atoms with Crippen LogP contribution >= 0.6 is 15.9 Å². The van der Waals surface area contributed by atoms with E-state index in [1.165, 1.54) is 31.7 Å². The number of rotatable bonds is 3. The third-order valence-electron chi connectivity index (χ3n) is 4.28. The zero-order valence-electron chi connectivity index (χ0n) is 12.5. The Morgan fingerprint density at radius 1 is 1.30 bits per heavy atom. The summed E-state index contributed by atoms with van der Waals surface area (Å²) in [5.74, 6) is 0.410. The smallest absolute Gasteiger partial charge is 0.302 e. The second-order valence-corrected chi connectivity index (χ2v) is 7.56. The predicted molar refractivity (Wildman–Crippen MR) is 85.0 cm³/mol. The van der Waals surface area contributed by atoms with Crippen LogP contribution in [0, 0.1) is 5.41 Å². The lowest BCUT2D eigenvalue weighted by Crippen LogP contribution is -2.31. The van der Waals surface area contributed by atoms with Crippen molar-refractivity contribution in [3.05, 3.63) is 35.4 Å². The first-order valence-corrected chi connectivity index (χ1v) is 8.16. The number of esters is 1. The van der Waals surface area contributed by atoms with Crippen LogP contribution in [0.15, 0.2) is 24.3 Å². The van der Waals surface area contributed by atoms with E-state index in [9.17, 15) is 4.79 Å². The van der Waals surface area contributed by atoms with Gasteiger partial charge in [-0.25, -0.2) is 0 Å². The van der Waals surface area contributed by atoms with E-state index in [1.807, 2.05) is 0 Å². The van der Waals surface area contributed by atoms with Crippen molar-refractivity contribution in [2.75, 3.05) is 0 Å². The van der Waals surface area contributed by atoms with E-state index in [0.717, 1.165) is 5.56 Å². The Kier molecular flexibility index (Phi) is 4.90. The van der Waals surface area contributed by atoms with Crippen LogP contribution in [0.5, 0.6) is 0 Å². The van der Waals surface area contributed by atoms with Gasteiger partial charge < -0.3 is 4.74 Å². The SMILES string of the molecule is CC(=O)OCc1ccc(C2CCC(Br)C(C)(C)C2)cc1. The summed E-state index contributed by atoms with van der Waals surface area (Å²) in [6, 6.07) is 8.53. The highest BCUT2D eigenvalue weighted by atomic mass is 79.9. The van der Waals surface area contributed by atoms with Crippen molar-refractivity contribution < 1.29 is 9.53 Å². The molecule has 20 heavy (non-hydrogen) atoms. The van der Waals surface area contributed by atoms with E-state index >= 15 is 0 Å². The Bertz CT molecular complexity index is 464. The molecule has 3 heteroatoms. The molecule has 1 aliphatic rings. The molecule has 0 aromatic heterocycles. The van der Waals surface area contributed by atoms with Crippen LogP contribution < -0.4 is 0 Å². The van der Waals surface area contributed by atoms with Gasteiger partial charge in [-0.15, -0.1) is 0 Å². The molecule has 0 heterocycles. The van der Waals surface area contributed by atoms with Crippen molar-refractivity contribution in [1.29, 1.82) is 0 Å². The van der Waals surface area contributed by atoms with Crippen LogP contribution in [-0.2, 0) is 16.1 Å². The number of benzene rings is 1. The van der Waals surface area contributed by atoms with E-state index in [-0.39, 0.29) is 5.97 Å². The lowest BCUT2D eigenvalue weighted by atomic mass is 9.70. The third kappa shape index (κ3) is 3.85. The fourth-order valence-corrected chi connectivity index (χ4v) is 3.41. The zero-order chi connectivity index (χ0) is 14.8. The van der Waals surface area contributed by atoms with Gasteiger partial charge in [0.15, 0.2) is 0 Å². The number of hydrogen-bond acceptors (Lipinski definition) is 2. The van der Waals surface area contributed by atoms with Gasteiger partial charge in [0.05, 0.1) is 0 Å². The molecule has 2 rings (SSSR count). The maximum Gasteiger partial charge on any atom is 0.302 e. The highest BCUT2D eigenvalue weighted by Gasteiger charge is 2.35. The minimum absolute atomic E-state index is 0.230.